The average Bonchev–Trinajstić information content (AvgIpc) is 2.45. The lowest BCUT2D eigenvalue weighted by Gasteiger charge is -2.23. The van der Waals surface area contributed by atoms with Gasteiger partial charge in [-0.1, -0.05) is 13.8 Å². The Hall–Kier alpha value is -0.0800. The van der Waals surface area contributed by atoms with Gasteiger partial charge in [-0.25, -0.2) is 0 Å². The lowest BCUT2D eigenvalue weighted by Crippen LogP contribution is -2.42. The third kappa shape index (κ3) is 1.42. The third-order valence-corrected chi connectivity index (χ3v) is 2.85. The van der Waals surface area contributed by atoms with Crippen LogP contribution in [-0.4, -0.2) is 24.2 Å². The summed E-state index contributed by atoms with van der Waals surface area (Å²) in [5.74, 6) is 0. The van der Waals surface area contributed by atoms with E-state index in [-0.39, 0.29) is 0 Å². The largest absolute Gasteiger partial charge is 0.310 e. The van der Waals surface area contributed by atoms with Crippen molar-refractivity contribution in [1.82, 2.24) is 10.6 Å². The van der Waals surface area contributed by atoms with Crippen LogP contribution in [0.4, 0.5) is 0 Å². The molecule has 0 saturated carbocycles. The number of hydrogen-bond donors (Lipinski definition) is 2. The van der Waals surface area contributed by atoms with Crippen LogP contribution >= 0.6 is 0 Å². The smallest absolute Gasteiger partial charge is 0.0238 e. The van der Waals surface area contributed by atoms with E-state index in [0.29, 0.717) is 6.04 Å². The Balaban J connectivity index is 1.87. The van der Waals surface area contributed by atoms with Gasteiger partial charge in [0.1, 0.15) is 0 Å². The molecule has 0 amide bonds. The predicted molar refractivity (Wildman–Crippen MR) is 46.6 cm³/mol. The molecule has 2 heterocycles. The van der Waals surface area contributed by atoms with Crippen molar-refractivity contribution < 1.29 is 0 Å². The molecular weight excluding hydrogens is 136 g/mol. The van der Waals surface area contributed by atoms with Gasteiger partial charge < -0.3 is 10.6 Å². The molecule has 2 N–H and O–H groups in total. The van der Waals surface area contributed by atoms with Gasteiger partial charge >= 0.3 is 0 Å². The molecule has 64 valence electrons. The topological polar surface area (TPSA) is 24.1 Å². The normalized spacial score (nSPS) is 42.3. The maximum Gasteiger partial charge on any atom is 0.0238 e. The molecule has 2 nitrogen and oxygen atoms in total. The van der Waals surface area contributed by atoms with Gasteiger partial charge in [0.2, 0.25) is 0 Å². The van der Waals surface area contributed by atoms with Crippen molar-refractivity contribution in [3.05, 3.63) is 0 Å². The van der Waals surface area contributed by atoms with Gasteiger partial charge in [0.15, 0.2) is 0 Å². The highest BCUT2D eigenvalue weighted by atomic mass is 15.1. The Labute approximate surface area is 68.7 Å². The first-order chi connectivity index (χ1) is 5.25. The minimum absolute atomic E-state index is 0.640. The van der Waals surface area contributed by atoms with Gasteiger partial charge in [0, 0.05) is 24.2 Å². The van der Waals surface area contributed by atoms with Gasteiger partial charge in [-0.05, 0) is 19.3 Å². The van der Waals surface area contributed by atoms with E-state index in [4.69, 9.17) is 0 Å². The summed E-state index contributed by atoms with van der Waals surface area (Å²) in [5, 5.41) is 7.23. The fourth-order valence-corrected chi connectivity index (χ4v) is 2.44. The van der Waals surface area contributed by atoms with E-state index in [0.717, 1.165) is 18.1 Å². The van der Waals surface area contributed by atoms with Crippen molar-refractivity contribution in [2.45, 2.75) is 57.3 Å². The molecule has 2 fully saturated rings. The number of rotatable bonds is 2. The maximum atomic E-state index is 3.62. The highest BCUT2D eigenvalue weighted by molar-refractivity contribution is 5.01. The second kappa shape index (κ2) is 2.76. The van der Waals surface area contributed by atoms with Crippen LogP contribution in [0, 0.1) is 0 Å². The van der Waals surface area contributed by atoms with E-state index in [9.17, 15) is 0 Å². The molecule has 2 aliphatic heterocycles. The van der Waals surface area contributed by atoms with Crippen LogP contribution in [0.15, 0.2) is 0 Å². The lowest BCUT2D eigenvalue weighted by molar-refractivity contribution is 0.387. The molecule has 0 aromatic rings. The molecule has 0 radical (unpaired) electrons. The van der Waals surface area contributed by atoms with Gasteiger partial charge in [-0.15, -0.1) is 0 Å². The van der Waals surface area contributed by atoms with Crippen molar-refractivity contribution in [2.75, 3.05) is 0 Å². The van der Waals surface area contributed by atoms with Crippen molar-refractivity contribution in [3.63, 3.8) is 0 Å². The van der Waals surface area contributed by atoms with Crippen molar-refractivity contribution >= 4 is 0 Å². The summed E-state index contributed by atoms with van der Waals surface area (Å²) in [5.41, 5.74) is 0. The van der Waals surface area contributed by atoms with Gasteiger partial charge in [0.05, 0.1) is 0 Å². The van der Waals surface area contributed by atoms with Crippen LogP contribution in [0.25, 0.3) is 0 Å². The van der Waals surface area contributed by atoms with Crippen molar-refractivity contribution in [2.24, 2.45) is 0 Å². The molecule has 2 heteroatoms. The Morgan fingerprint density at radius 1 is 1.36 bits per heavy atom. The second-order valence-corrected chi connectivity index (χ2v) is 4.21. The zero-order valence-corrected chi connectivity index (χ0v) is 7.43. The number of fused-ring (bicyclic) bond motifs is 2. The van der Waals surface area contributed by atoms with E-state index in [1.807, 2.05) is 0 Å². The summed E-state index contributed by atoms with van der Waals surface area (Å²) < 4.78 is 0. The highest BCUT2D eigenvalue weighted by Crippen LogP contribution is 2.28. The standard InChI is InChI=1S/C9H18N2/c1-6(2)10-9-5-7-3-4-8(9)11-7/h6-11H,3-5H2,1-2H3/t7-,8+,9+/m0/s1. The Bertz CT molecular complexity index is 144. The van der Waals surface area contributed by atoms with Crippen LogP contribution in [0.1, 0.15) is 33.1 Å². The van der Waals surface area contributed by atoms with E-state index >= 15 is 0 Å². The zero-order chi connectivity index (χ0) is 7.84. The van der Waals surface area contributed by atoms with Crippen LogP contribution in [0.3, 0.4) is 0 Å². The molecular formula is C9H18N2. The minimum Gasteiger partial charge on any atom is -0.310 e. The summed E-state index contributed by atoms with van der Waals surface area (Å²) in [6.45, 7) is 4.46. The van der Waals surface area contributed by atoms with Crippen LogP contribution in [0.2, 0.25) is 0 Å². The lowest BCUT2D eigenvalue weighted by atomic mass is 9.95. The Kier molecular flexibility index (Phi) is 1.90. The molecule has 2 bridgehead atoms. The Morgan fingerprint density at radius 3 is 2.64 bits per heavy atom. The summed E-state index contributed by atoms with van der Waals surface area (Å²) in [6, 6.07) is 3.01. The molecule has 0 aliphatic carbocycles. The number of nitrogens with one attached hydrogen (secondary N) is 2. The van der Waals surface area contributed by atoms with Crippen LogP contribution in [0.5, 0.6) is 0 Å². The predicted octanol–water partition coefficient (Wildman–Crippen LogP) is 0.877. The molecule has 3 atom stereocenters. The molecule has 2 rings (SSSR count). The quantitative estimate of drug-likeness (QED) is 0.617. The fourth-order valence-electron chi connectivity index (χ4n) is 2.44. The van der Waals surface area contributed by atoms with E-state index in [1.54, 1.807) is 0 Å². The summed E-state index contributed by atoms with van der Waals surface area (Å²) in [6.07, 6.45) is 4.14. The minimum atomic E-state index is 0.640. The molecule has 0 aromatic heterocycles. The molecule has 2 saturated heterocycles. The Morgan fingerprint density at radius 2 is 2.18 bits per heavy atom. The molecule has 0 unspecified atom stereocenters. The highest BCUT2D eigenvalue weighted by Gasteiger charge is 2.38. The van der Waals surface area contributed by atoms with E-state index in [2.05, 4.69) is 24.5 Å². The zero-order valence-electron chi connectivity index (χ0n) is 7.43. The summed E-state index contributed by atoms with van der Waals surface area (Å²) >= 11 is 0. The third-order valence-electron chi connectivity index (χ3n) is 2.85. The summed E-state index contributed by atoms with van der Waals surface area (Å²) in [7, 11) is 0. The fraction of sp³-hybridized carbons (Fsp3) is 1.00. The molecule has 11 heavy (non-hydrogen) atoms. The monoisotopic (exact) mass is 154 g/mol. The first-order valence-electron chi connectivity index (χ1n) is 4.78. The first kappa shape index (κ1) is 7.56. The van der Waals surface area contributed by atoms with Crippen molar-refractivity contribution in [3.8, 4) is 0 Å². The van der Waals surface area contributed by atoms with Crippen LogP contribution in [-0.2, 0) is 0 Å². The maximum absolute atomic E-state index is 3.62. The van der Waals surface area contributed by atoms with Gasteiger partial charge in [0.25, 0.3) is 0 Å². The average molecular weight is 154 g/mol. The molecule has 2 aliphatic rings. The first-order valence-corrected chi connectivity index (χ1v) is 4.78. The summed E-state index contributed by atoms with van der Waals surface area (Å²) in [4.78, 5) is 0. The SMILES string of the molecule is CC(C)N[C@@H]1C[C@@H]2CC[C@H]1N2. The van der Waals surface area contributed by atoms with E-state index in [1.165, 1.54) is 19.3 Å². The molecule has 0 aromatic carbocycles. The van der Waals surface area contributed by atoms with E-state index < -0.39 is 0 Å². The van der Waals surface area contributed by atoms with Gasteiger partial charge in [-0.3, -0.25) is 0 Å². The number of hydrogen-bond acceptors (Lipinski definition) is 2. The van der Waals surface area contributed by atoms with Gasteiger partial charge in [-0.2, -0.15) is 0 Å². The van der Waals surface area contributed by atoms with Crippen molar-refractivity contribution in [1.29, 1.82) is 0 Å². The second-order valence-electron chi connectivity index (χ2n) is 4.21. The van der Waals surface area contributed by atoms with Crippen LogP contribution < -0.4 is 10.6 Å². The molecule has 0 spiro atoms.